The zero-order chi connectivity index (χ0) is 14.8. The van der Waals surface area contributed by atoms with E-state index < -0.39 is 12.8 Å². The highest BCUT2D eigenvalue weighted by Gasteiger charge is 2.27. The van der Waals surface area contributed by atoms with Crippen LogP contribution in [0.2, 0.25) is 0 Å². The molecule has 0 amide bonds. The molecule has 1 N–H and O–H groups in total. The summed E-state index contributed by atoms with van der Waals surface area (Å²) in [5.74, 6) is 0.662. The van der Waals surface area contributed by atoms with Gasteiger partial charge in [0.2, 0.25) is 6.79 Å². The van der Waals surface area contributed by atoms with Gasteiger partial charge in [0.1, 0.15) is 12.5 Å². The van der Waals surface area contributed by atoms with E-state index in [0.717, 1.165) is 0 Å². The molecule has 0 bridgehead atoms. The molecule has 0 aromatic heterocycles. The Morgan fingerprint density at radius 2 is 2.05 bits per heavy atom. The molecule has 2 heterocycles. The second kappa shape index (κ2) is 6.15. The number of piperidine rings is 1. The molecule has 6 heteroatoms. The quantitative estimate of drug-likeness (QED) is 0.922. The highest BCUT2D eigenvalue weighted by molar-refractivity contribution is 5.45. The molecule has 116 valence electrons. The Labute approximate surface area is 122 Å². The lowest BCUT2D eigenvalue weighted by atomic mass is 9.99. The zero-order valence-corrected chi connectivity index (χ0v) is 11.7. The Balaban J connectivity index is 1.64. The number of ether oxygens (including phenoxy) is 2. The van der Waals surface area contributed by atoms with Gasteiger partial charge in [-0.05, 0) is 30.9 Å². The fraction of sp³-hybridized carbons (Fsp3) is 0.600. The van der Waals surface area contributed by atoms with Crippen molar-refractivity contribution in [2.45, 2.75) is 31.4 Å². The van der Waals surface area contributed by atoms with Crippen molar-refractivity contribution in [3.05, 3.63) is 23.5 Å². The lowest BCUT2D eigenvalue weighted by molar-refractivity contribution is 0.0321. The summed E-state index contributed by atoms with van der Waals surface area (Å²) in [6.07, 6.45) is 1.14. The van der Waals surface area contributed by atoms with Gasteiger partial charge in [0.25, 0.3) is 0 Å². The highest BCUT2D eigenvalue weighted by Crippen LogP contribution is 2.34. The molecule has 2 aliphatic rings. The third-order valence-corrected chi connectivity index (χ3v) is 4.20. The third-order valence-electron chi connectivity index (χ3n) is 4.20. The number of fused-ring (bicyclic) bond motifs is 1. The predicted molar refractivity (Wildman–Crippen MR) is 72.8 cm³/mol. The van der Waals surface area contributed by atoms with Crippen molar-refractivity contribution >= 4 is 0 Å². The number of likely N-dealkylation sites (tertiary alicyclic amines) is 1. The SMILES string of the molecule is OC1CCN(CCc2cc3c(cc2F)OCO3)C(CF)C1. The van der Waals surface area contributed by atoms with Crippen LogP contribution in [0.1, 0.15) is 18.4 Å². The lowest BCUT2D eigenvalue weighted by Crippen LogP contribution is -2.46. The van der Waals surface area contributed by atoms with Gasteiger partial charge in [0.15, 0.2) is 11.5 Å². The minimum Gasteiger partial charge on any atom is -0.454 e. The highest BCUT2D eigenvalue weighted by atomic mass is 19.1. The molecule has 2 aliphatic heterocycles. The van der Waals surface area contributed by atoms with Gasteiger partial charge in [-0.15, -0.1) is 0 Å². The van der Waals surface area contributed by atoms with Crippen LogP contribution in [0.3, 0.4) is 0 Å². The maximum atomic E-state index is 14.0. The van der Waals surface area contributed by atoms with Gasteiger partial charge < -0.3 is 14.6 Å². The van der Waals surface area contributed by atoms with Gasteiger partial charge >= 0.3 is 0 Å². The number of halogens is 2. The Morgan fingerprint density at radius 1 is 1.29 bits per heavy atom. The summed E-state index contributed by atoms with van der Waals surface area (Å²) in [6, 6.07) is 2.72. The minimum atomic E-state index is -0.485. The molecule has 1 aromatic carbocycles. The molecule has 2 atom stereocenters. The Kier molecular flexibility index (Phi) is 4.26. The van der Waals surface area contributed by atoms with Crippen molar-refractivity contribution in [3.63, 3.8) is 0 Å². The summed E-state index contributed by atoms with van der Waals surface area (Å²) < 4.78 is 37.4. The third kappa shape index (κ3) is 3.11. The van der Waals surface area contributed by atoms with Gasteiger partial charge in [0.05, 0.1) is 6.10 Å². The molecule has 1 aromatic rings. The summed E-state index contributed by atoms with van der Waals surface area (Å²) >= 11 is 0. The second-order valence-corrected chi connectivity index (χ2v) is 5.57. The van der Waals surface area contributed by atoms with Crippen LogP contribution in [-0.4, -0.2) is 48.7 Å². The van der Waals surface area contributed by atoms with E-state index in [-0.39, 0.29) is 18.7 Å². The number of benzene rings is 1. The first-order valence-corrected chi connectivity index (χ1v) is 7.23. The largest absolute Gasteiger partial charge is 0.454 e. The zero-order valence-electron chi connectivity index (χ0n) is 11.7. The molecule has 0 aliphatic carbocycles. The lowest BCUT2D eigenvalue weighted by Gasteiger charge is -2.36. The van der Waals surface area contributed by atoms with E-state index in [4.69, 9.17) is 9.47 Å². The summed E-state index contributed by atoms with van der Waals surface area (Å²) in [4.78, 5) is 1.98. The van der Waals surface area contributed by atoms with E-state index in [1.165, 1.54) is 6.07 Å². The van der Waals surface area contributed by atoms with Crippen LogP contribution in [0.25, 0.3) is 0 Å². The number of aliphatic hydroxyl groups excluding tert-OH is 1. The first-order valence-electron chi connectivity index (χ1n) is 7.23. The van der Waals surface area contributed by atoms with Gasteiger partial charge in [0, 0.05) is 25.2 Å². The van der Waals surface area contributed by atoms with Gasteiger partial charge in [-0.25, -0.2) is 8.78 Å². The molecule has 0 saturated carbocycles. The van der Waals surface area contributed by atoms with Gasteiger partial charge in [-0.2, -0.15) is 0 Å². The Morgan fingerprint density at radius 3 is 2.81 bits per heavy atom. The number of alkyl halides is 1. The summed E-state index contributed by atoms with van der Waals surface area (Å²) in [5.41, 5.74) is 0.544. The Bertz CT molecular complexity index is 512. The summed E-state index contributed by atoms with van der Waals surface area (Å²) in [6.45, 7) is 0.840. The van der Waals surface area contributed by atoms with Crippen molar-refractivity contribution in [1.29, 1.82) is 0 Å². The molecule has 1 fully saturated rings. The Hall–Kier alpha value is -1.40. The van der Waals surface area contributed by atoms with E-state index >= 15 is 0 Å². The summed E-state index contributed by atoms with van der Waals surface area (Å²) in [5, 5.41) is 9.58. The molecule has 0 radical (unpaired) electrons. The first-order chi connectivity index (χ1) is 10.2. The van der Waals surface area contributed by atoms with E-state index in [0.29, 0.717) is 49.4 Å². The van der Waals surface area contributed by atoms with Crippen LogP contribution in [0.15, 0.2) is 12.1 Å². The maximum absolute atomic E-state index is 14.0. The standard InChI is InChI=1S/C15H19F2NO3/c16-8-11-6-12(19)2-4-18(11)3-1-10-5-14-15(7-13(10)17)21-9-20-14/h5,7,11-12,19H,1-4,6,8-9H2. The molecular formula is C15H19F2NO3. The van der Waals surface area contributed by atoms with Gasteiger partial charge in [-0.3, -0.25) is 4.90 Å². The smallest absolute Gasteiger partial charge is 0.231 e. The van der Waals surface area contributed by atoms with E-state index in [1.807, 2.05) is 4.90 Å². The van der Waals surface area contributed by atoms with E-state index in [2.05, 4.69) is 0 Å². The van der Waals surface area contributed by atoms with Crippen LogP contribution in [0.5, 0.6) is 11.5 Å². The molecule has 4 nitrogen and oxygen atoms in total. The normalized spacial score (nSPS) is 25.3. The molecule has 3 rings (SSSR count). The predicted octanol–water partition coefficient (Wildman–Crippen LogP) is 1.89. The maximum Gasteiger partial charge on any atom is 0.231 e. The minimum absolute atomic E-state index is 0.117. The molecule has 1 saturated heterocycles. The number of nitrogens with zero attached hydrogens (tertiary/aromatic N) is 1. The van der Waals surface area contributed by atoms with E-state index in [9.17, 15) is 13.9 Å². The molecule has 2 unspecified atom stereocenters. The topological polar surface area (TPSA) is 41.9 Å². The molecular weight excluding hydrogens is 280 g/mol. The monoisotopic (exact) mass is 299 g/mol. The van der Waals surface area contributed by atoms with Crippen molar-refractivity contribution in [2.24, 2.45) is 0 Å². The fourth-order valence-electron chi connectivity index (χ4n) is 2.95. The molecule has 21 heavy (non-hydrogen) atoms. The van der Waals surface area contributed by atoms with Gasteiger partial charge in [-0.1, -0.05) is 0 Å². The number of hydrogen-bond donors (Lipinski definition) is 1. The summed E-state index contributed by atoms with van der Waals surface area (Å²) in [7, 11) is 0. The molecule has 0 spiro atoms. The number of aliphatic hydroxyl groups is 1. The number of rotatable bonds is 4. The first kappa shape index (κ1) is 14.5. The van der Waals surface area contributed by atoms with Crippen LogP contribution in [0, 0.1) is 5.82 Å². The van der Waals surface area contributed by atoms with Crippen LogP contribution in [-0.2, 0) is 6.42 Å². The van der Waals surface area contributed by atoms with Crippen molar-refractivity contribution in [1.82, 2.24) is 4.90 Å². The average Bonchev–Trinajstić information content (AvgIpc) is 2.92. The van der Waals surface area contributed by atoms with Crippen molar-refractivity contribution in [2.75, 3.05) is 26.6 Å². The second-order valence-electron chi connectivity index (χ2n) is 5.57. The average molecular weight is 299 g/mol. The van der Waals surface area contributed by atoms with Crippen molar-refractivity contribution in [3.8, 4) is 11.5 Å². The van der Waals surface area contributed by atoms with Crippen molar-refractivity contribution < 1.29 is 23.4 Å². The van der Waals surface area contributed by atoms with Crippen LogP contribution in [0.4, 0.5) is 8.78 Å². The van der Waals surface area contributed by atoms with Crippen LogP contribution < -0.4 is 9.47 Å². The van der Waals surface area contributed by atoms with E-state index in [1.54, 1.807) is 6.07 Å². The number of hydrogen-bond acceptors (Lipinski definition) is 4. The van der Waals surface area contributed by atoms with Crippen LogP contribution >= 0.6 is 0 Å². The fourth-order valence-corrected chi connectivity index (χ4v) is 2.95.